The molecular formula is C10H20N4. The molecular weight excluding hydrogens is 176 g/mol. The molecule has 0 aliphatic rings. The largest absolute Gasteiger partial charge is 0.315 e. The number of rotatable bonds is 5. The van der Waals surface area contributed by atoms with Crippen molar-refractivity contribution >= 4 is 0 Å². The van der Waals surface area contributed by atoms with E-state index in [9.17, 15) is 0 Å². The summed E-state index contributed by atoms with van der Waals surface area (Å²) in [5.41, 5.74) is 0. The Kier molecular flexibility index (Phi) is 4.07. The predicted octanol–water partition coefficient (Wildman–Crippen LogP) is 1.28. The van der Waals surface area contributed by atoms with Crippen LogP contribution in [0.2, 0.25) is 0 Å². The third-order valence-corrected chi connectivity index (χ3v) is 2.40. The van der Waals surface area contributed by atoms with Crippen molar-refractivity contribution in [3.05, 3.63) is 11.6 Å². The van der Waals surface area contributed by atoms with Gasteiger partial charge in [0, 0.05) is 6.04 Å². The molecule has 0 fully saturated rings. The summed E-state index contributed by atoms with van der Waals surface area (Å²) in [6, 6.07) is 0.500. The summed E-state index contributed by atoms with van der Waals surface area (Å²) in [6.07, 6.45) is 2.37. The fourth-order valence-corrected chi connectivity index (χ4v) is 1.62. The minimum absolute atomic E-state index is 0.500. The smallest absolute Gasteiger partial charge is 0.147 e. The van der Waals surface area contributed by atoms with Crippen LogP contribution < -0.4 is 5.32 Å². The van der Waals surface area contributed by atoms with Crippen LogP contribution in [0.5, 0.6) is 0 Å². The Balaban J connectivity index is 2.61. The molecule has 1 aromatic rings. The average Bonchev–Trinajstić information content (AvgIpc) is 2.44. The molecule has 0 aliphatic heterocycles. The highest BCUT2D eigenvalue weighted by Crippen LogP contribution is 2.02. The van der Waals surface area contributed by atoms with Crippen LogP contribution in [-0.2, 0) is 6.54 Å². The Labute approximate surface area is 85.7 Å². The molecule has 1 atom stereocenters. The number of nitrogens with one attached hydrogen (secondary N) is 1. The van der Waals surface area contributed by atoms with Crippen LogP contribution in [-0.4, -0.2) is 27.9 Å². The summed E-state index contributed by atoms with van der Waals surface area (Å²) < 4.78 is 1.98. The van der Waals surface area contributed by atoms with Crippen LogP contribution in [0.4, 0.5) is 0 Å². The van der Waals surface area contributed by atoms with Crippen molar-refractivity contribution in [2.75, 3.05) is 7.05 Å². The van der Waals surface area contributed by atoms with Gasteiger partial charge >= 0.3 is 0 Å². The van der Waals surface area contributed by atoms with Crippen LogP contribution in [0.15, 0.2) is 0 Å². The molecule has 0 saturated heterocycles. The van der Waals surface area contributed by atoms with E-state index in [0.29, 0.717) is 6.04 Å². The molecule has 1 unspecified atom stereocenters. The van der Waals surface area contributed by atoms with Gasteiger partial charge in [-0.2, -0.15) is 5.10 Å². The van der Waals surface area contributed by atoms with E-state index in [1.165, 1.54) is 12.8 Å². The van der Waals surface area contributed by atoms with Gasteiger partial charge in [0.05, 0.1) is 6.54 Å². The Morgan fingerprint density at radius 2 is 2.14 bits per heavy atom. The maximum atomic E-state index is 4.35. The fraction of sp³-hybridized carbons (Fsp3) is 0.800. The Bertz CT molecular complexity index is 280. The van der Waals surface area contributed by atoms with Gasteiger partial charge in [0.1, 0.15) is 11.6 Å². The molecule has 1 N–H and O–H groups in total. The molecule has 1 heterocycles. The van der Waals surface area contributed by atoms with Crippen molar-refractivity contribution in [3.8, 4) is 0 Å². The highest BCUT2D eigenvalue weighted by atomic mass is 15.3. The second-order valence-corrected chi connectivity index (χ2v) is 3.66. The molecule has 1 aromatic heterocycles. The molecule has 4 heteroatoms. The maximum Gasteiger partial charge on any atom is 0.147 e. The molecule has 4 nitrogen and oxygen atoms in total. The van der Waals surface area contributed by atoms with Gasteiger partial charge in [-0.25, -0.2) is 9.67 Å². The highest BCUT2D eigenvalue weighted by Gasteiger charge is 2.09. The molecule has 0 saturated carbocycles. The number of aryl methyl sites for hydroxylation is 2. The summed E-state index contributed by atoms with van der Waals surface area (Å²) in [6.45, 7) is 7.04. The van der Waals surface area contributed by atoms with Crippen LogP contribution >= 0.6 is 0 Å². The van der Waals surface area contributed by atoms with Crippen molar-refractivity contribution in [1.29, 1.82) is 0 Å². The van der Waals surface area contributed by atoms with E-state index < -0.39 is 0 Å². The van der Waals surface area contributed by atoms with Crippen molar-refractivity contribution in [3.63, 3.8) is 0 Å². The van der Waals surface area contributed by atoms with Gasteiger partial charge in [0.25, 0.3) is 0 Å². The van der Waals surface area contributed by atoms with E-state index in [1.807, 2.05) is 25.6 Å². The summed E-state index contributed by atoms with van der Waals surface area (Å²) in [5.74, 6) is 1.85. The van der Waals surface area contributed by atoms with Crippen LogP contribution in [0.25, 0.3) is 0 Å². The molecule has 0 bridgehead atoms. The first-order chi connectivity index (χ1) is 6.67. The number of hydrogen-bond acceptors (Lipinski definition) is 3. The van der Waals surface area contributed by atoms with Crippen molar-refractivity contribution < 1.29 is 0 Å². The number of nitrogens with zero attached hydrogens (tertiary/aromatic N) is 3. The number of likely N-dealkylation sites (N-methyl/N-ethyl adjacent to an activating group) is 1. The first-order valence-corrected chi connectivity index (χ1v) is 5.22. The lowest BCUT2D eigenvalue weighted by atomic mass is 10.2. The van der Waals surface area contributed by atoms with E-state index in [0.717, 1.165) is 18.2 Å². The van der Waals surface area contributed by atoms with Crippen LogP contribution in [0, 0.1) is 13.8 Å². The Hall–Kier alpha value is -0.900. The monoisotopic (exact) mass is 196 g/mol. The molecule has 0 amide bonds. The van der Waals surface area contributed by atoms with E-state index in [-0.39, 0.29) is 0 Å². The predicted molar refractivity (Wildman–Crippen MR) is 57.3 cm³/mol. The third-order valence-electron chi connectivity index (χ3n) is 2.40. The van der Waals surface area contributed by atoms with Crippen LogP contribution in [0.3, 0.4) is 0 Å². The zero-order chi connectivity index (χ0) is 10.6. The first kappa shape index (κ1) is 11.2. The Morgan fingerprint density at radius 1 is 1.43 bits per heavy atom. The van der Waals surface area contributed by atoms with E-state index in [1.54, 1.807) is 0 Å². The lowest BCUT2D eigenvalue weighted by Gasteiger charge is -2.15. The molecule has 0 aliphatic carbocycles. The quantitative estimate of drug-likeness (QED) is 0.771. The summed E-state index contributed by atoms with van der Waals surface area (Å²) >= 11 is 0. The average molecular weight is 196 g/mol. The van der Waals surface area contributed by atoms with Gasteiger partial charge in [0.15, 0.2) is 0 Å². The highest BCUT2D eigenvalue weighted by molar-refractivity contribution is 4.88. The minimum Gasteiger partial charge on any atom is -0.315 e. The molecule has 14 heavy (non-hydrogen) atoms. The summed E-state index contributed by atoms with van der Waals surface area (Å²) in [5, 5.41) is 7.65. The lowest BCUT2D eigenvalue weighted by molar-refractivity contribution is 0.419. The van der Waals surface area contributed by atoms with Gasteiger partial charge in [-0.15, -0.1) is 0 Å². The number of aromatic nitrogens is 3. The second kappa shape index (κ2) is 5.10. The van der Waals surface area contributed by atoms with Crippen molar-refractivity contribution in [2.24, 2.45) is 0 Å². The second-order valence-electron chi connectivity index (χ2n) is 3.66. The topological polar surface area (TPSA) is 42.7 Å². The molecule has 0 radical (unpaired) electrons. The van der Waals surface area contributed by atoms with Crippen LogP contribution in [0.1, 0.15) is 31.4 Å². The molecule has 1 rings (SSSR count). The van der Waals surface area contributed by atoms with E-state index in [4.69, 9.17) is 0 Å². The van der Waals surface area contributed by atoms with Gasteiger partial charge in [0.2, 0.25) is 0 Å². The standard InChI is InChI=1S/C10H20N4/c1-5-6-10(11-4)7-14-9(3)12-8(2)13-14/h10-11H,5-7H2,1-4H3. The minimum atomic E-state index is 0.500. The SMILES string of the molecule is CCCC(Cn1nc(C)nc1C)NC. The summed E-state index contributed by atoms with van der Waals surface area (Å²) in [4.78, 5) is 4.28. The number of hydrogen-bond donors (Lipinski definition) is 1. The zero-order valence-electron chi connectivity index (χ0n) is 9.54. The van der Waals surface area contributed by atoms with E-state index >= 15 is 0 Å². The Morgan fingerprint density at radius 3 is 2.57 bits per heavy atom. The van der Waals surface area contributed by atoms with Gasteiger partial charge < -0.3 is 5.32 Å². The first-order valence-electron chi connectivity index (χ1n) is 5.22. The van der Waals surface area contributed by atoms with Crippen molar-refractivity contribution in [1.82, 2.24) is 20.1 Å². The van der Waals surface area contributed by atoms with E-state index in [2.05, 4.69) is 22.3 Å². The lowest BCUT2D eigenvalue weighted by Crippen LogP contribution is -2.30. The molecule has 80 valence electrons. The molecule has 0 aromatic carbocycles. The van der Waals surface area contributed by atoms with Gasteiger partial charge in [-0.3, -0.25) is 0 Å². The van der Waals surface area contributed by atoms with Gasteiger partial charge in [-0.05, 0) is 27.3 Å². The maximum absolute atomic E-state index is 4.35. The van der Waals surface area contributed by atoms with Crippen molar-refractivity contribution in [2.45, 2.75) is 46.2 Å². The normalized spacial score (nSPS) is 13.1. The fourth-order valence-electron chi connectivity index (χ4n) is 1.62. The molecule has 0 spiro atoms. The van der Waals surface area contributed by atoms with Gasteiger partial charge in [-0.1, -0.05) is 13.3 Å². The third kappa shape index (κ3) is 2.80. The zero-order valence-corrected chi connectivity index (χ0v) is 9.54. The summed E-state index contributed by atoms with van der Waals surface area (Å²) in [7, 11) is 2.00.